The lowest BCUT2D eigenvalue weighted by atomic mass is 10.2. The SMILES string of the molecule is COc1ccc(CNC(=O)CNc2ccccc2S(=O)(=O)c2ccc(OC)c(OC)c2)cc1. The van der Waals surface area contributed by atoms with Crippen molar-refractivity contribution in [3.8, 4) is 17.2 Å². The Morgan fingerprint density at radius 1 is 0.848 bits per heavy atom. The van der Waals surface area contributed by atoms with Crippen molar-refractivity contribution in [2.45, 2.75) is 16.3 Å². The van der Waals surface area contributed by atoms with Gasteiger partial charge in [-0.25, -0.2) is 8.42 Å². The van der Waals surface area contributed by atoms with E-state index in [0.29, 0.717) is 23.7 Å². The van der Waals surface area contributed by atoms with Gasteiger partial charge in [0.15, 0.2) is 11.5 Å². The summed E-state index contributed by atoms with van der Waals surface area (Å²) in [6.45, 7) is 0.255. The molecule has 3 rings (SSSR count). The molecule has 3 aromatic rings. The first kappa shape index (κ1) is 23.9. The van der Waals surface area contributed by atoms with Gasteiger partial charge in [-0.1, -0.05) is 24.3 Å². The summed E-state index contributed by atoms with van der Waals surface area (Å²) in [5.41, 5.74) is 1.24. The number of carbonyl (C=O) groups is 1. The molecule has 0 bridgehead atoms. The van der Waals surface area contributed by atoms with Crippen LogP contribution in [0.1, 0.15) is 5.56 Å². The Balaban J connectivity index is 1.71. The lowest BCUT2D eigenvalue weighted by Gasteiger charge is -2.14. The van der Waals surface area contributed by atoms with Gasteiger partial charge in [0, 0.05) is 12.6 Å². The highest BCUT2D eigenvalue weighted by Gasteiger charge is 2.23. The van der Waals surface area contributed by atoms with Crippen LogP contribution in [0.2, 0.25) is 0 Å². The van der Waals surface area contributed by atoms with Crippen molar-refractivity contribution in [1.82, 2.24) is 5.32 Å². The Morgan fingerprint density at radius 3 is 2.21 bits per heavy atom. The zero-order valence-electron chi connectivity index (χ0n) is 18.6. The van der Waals surface area contributed by atoms with Gasteiger partial charge in [-0.05, 0) is 42.0 Å². The minimum atomic E-state index is -3.88. The number of methoxy groups -OCH3 is 3. The zero-order chi connectivity index (χ0) is 23.8. The highest BCUT2D eigenvalue weighted by Crippen LogP contribution is 2.34. The highest BCUT2D eigenvalue weighted by atomic mass is 32.2. The Kier molecular flexibility index (Phi) is 7.78. The first-order chi connectivity index (χ1) is 15.9. The van der Waals surface area contributed by atoms with E-state index >= 15 is 0 Å². The minimum Gasteiger partial charge on any atom is -0.497 e. The Labute approximate surface area is 193 Å². The fraction of sp³-hybridized carbons (Fsp3) is 0.208. The third kappa shape index (κ3) is 5.75. The van der Waals surface area contributed by atoms with Gasteiger partial charge < -0.3 is 24.8 Å². The number of nitrogens with one attached hydrogen (secondary N) is 2. The van der Waals surface area contributed by atoms with Crippen LogP contribution in [0.15, 0.2) is 76.5 Å². The van der Waals surface area contributed by atoms with Gasteiger partial charge >= 0.3 is 0 Å². The van der Waals surface area contributed by atoms with Crippen molar-refractivity contribution in [1.29, 1.82) is 0 Å². The number of hydrogen-bond acceptors (Lipinski definition) is 7. The molecule has 9 heteroatoms. The normalized spacial score (nSPS) is 10.9. The molecular formula is C24H26N2O6S. The third-order valence-corrected chi connectivity index (χ3v) is 6.74. The number of amides is 1. The molecule has 0 unspecified atom stereocenters. The molecule has 0 saturated heterocycles. The van der Waals surface area contributed by atoms with Crippen molar-refractivity contribution in [2.75, 3.05) is 33.2 Å². The molecule has 0 aromatic heterocycles. The Morgan fingerprint density at radius 2 is 1.55 bits per heavy atom. The molecule has 0 heterocycles. The number of anilines is 1. The smallest absolute Gasteiger partial charge is 0.239 e. The van der Waals surface area contributed by atoms with Gasteiger partial charge in [0.2, 0.25) is 15.7 Å². The molecule has 0 atom stereocenters. The number of ether oxygens (including phenoxy) is 3. The molecule has 3 aromatic carbocycles. The number of hydrogen-bond donors (Lipinski definition) is 2. The molecule has 0 radical (unpaired) electrons. The topological polar surface area (TPSA) is 103 Å². The molecule has 0 fully saturated rings. The monoisotopic (exact) mass is 470 g/mol. The van der Waals surface area contributed by atoms with Crippen LogP contribution < -0.4 is 24.8 Å². The van der Waals surface area contributed by atoms with Gasteiger partial charge in [0.1, 0.15) is 5.75 Å². The molecule has 0 spiro atoms. The third-order valence-electron chi connectivity index (χ3n) is 4.93. The number of benzene rings is 3. The fourth-order valence-corrected chi connectivity index (χ4v) is 4.59. The molecule has 2 N–H and O–H groups in total. The number of para-hydroxylation sites is 1. The Bertz CT molecular complexity index is 1210. The molecule has 0 aliphatic carbocycles. The fourth-order valence-electron chi connectivity index (χ4n) is 3.14. The van der Waals surface area contributed by atoms with Crippen LogP contribution >= 0.6 is 0 Å². The molecule has 8 nitrogen and oxygen atoms in total. The van der Waals surface area contributed by atoms with Crippen molar-refractivity contribution in [3.05, 3.63) is 72.3 Å². The average molecular weight is 471 g/mol. The summed E-state index contributed by atoms with van der Waals surface area (Å²) in [5.74, 6) is 1.20. The van der Waals surface area contributed by atoms with Crippen molar-refractivity contribution < 1.29 is 27.4 Å². The van der Waals surface area contributed by atoms with Crippen LogP contribution in [0.5, 0.6) is 17.2 Å². The van der Waals surface area contributed by atoms with Gasteiger partial charge in [-0.3, -0.25) is 4.79 Å². The molecule has 33 heavy (non-hydrogen) atoms. The van der Waals surface area contributed by atoms with E-state index in [1.807, 2.05) is 24.3 Å². The standard InChI is InChI=1S/C24H26N2O6S/c1-30-18-10-8-17(9-11-18)15-26-24(27)16-25-20-6-4-5-7-23(20)33(28,29)19-12-13-21(31-2)22(14-19)32-3/h4-14,25H,15-16H2,1-3H3,(H,26,27). The van der Waals surface area contributed by atoms with Gasteiger partial charge in [-0.15, -0.1) is 0 Å². The van der Waals surface area contributed by atoms with E-state index in [2.05, 4.69) is 10.6 Å². The van der Waals surface area contributed by atoms with Crippen LogP contribution in [0.4, 0.5) is 5.69 Å². The van der Waals surface area contributed by atoms with Crippen molar-refractivity contribution in [2.24, 2.45) is 0 Å². The maximum Gasteiger partial charge on any atom is 0.239 e. The van der Waals surface area contributed by atoms with Crippen molar-refractivity contribution >= 4 is 21.4 Å². The molecule has 1 amide bonds. The maximum atomic E-state index is 13.3. The van der Waals surface area contributed by atoms with E-state index in [1.54, 1.807) is 25.3 Å². The number of sulfone groups is 1. The first-order valence-corrected chi connectivity index (χ1v) is 11.6. The maximum absolute atomic E-state index is 13.3. The second-order valence-electron chi connectivity index (χ2n) is 6.99. The highest BCUT2D eigenvalue weighted by molar-refractivity contribution is 7.91. The van der Waals surface area contributed by atoms with Crippen LogP contribution in [-0.2, 0) is 21.2 Å². The van der Waals surface area contributed by atoms with Crippen LogP contribution in [-0.4, -0.2) is 42.2 Å². The van der Waals surface area contributed by atoms with E-state index in [-0.39, 0.29) is 22.2 Å². The number of rotatable bonds is 10. The van der Waals surface area contributed by atoms with Crippen LogP contribution in [0.3, 0.4) is 0 Å². The zero-order valence-corrected chi connectivity index (χ0v) is 19.4. The summed E-state index contributed by atoms with van der Waals surface area (Å²) in [4.78, 5) is 12.4. The summed E-state index contributed by atoms with van der Waals surface area (Å²) >= 11 is 0. The van der Waals surface area contributed by atoms with Crippen LogP contribution in [0.25, 0.3) is 0 Å². The molecule has 0 aliphatic rings. The summed E-state index contributed by atoms with van der Waals surface area (Å²) in [6.07, 6.45) is 0. The van der Waals surface area contributed by atoms with Gasteiger partial charge in [0.05, 0.1) is 43.4 Å². The summed E-state index contributed by atoms with van der Waals surface area (Å²) in [6, 6.07) is 18.2. The van der Waals surface area contributed by atoms with E-state index in [4.69, 9.17) is 14.2 Å². The largest absolute Gasteiger partial charge is 0.497 e. The lowest BCUT2D eigenvalue weighted by Crippen LogP contribution is -2.29. The van der Waals surface area contributed by atoms with E-state index < -0.39 is 9.84 Å². The van der Waals surface area contributed by atoms with E-state index in [9.17, 15) is 13.2 Å². The quantitative estimate of drug-likeness (QED) is 0.469. The Hall–Kier alpha value is -3.72. The van der Waals surface area contributed by atoms with Crippen molar-refractivity contribution in [3.63, 3.8) is 0 Å². The van der Waals surface area contributed by atoms with E-state index in [0.717, 1.165) is 11.3 Å². The van der Waals surface area contributed by atoms with E-state index in [1.165, 1.54) is 38.5 Å². The summed E-state index contributed by atoms with van der Waals surface area (Å²) in [7, 11) is 0.626. The minimum absolute atomic E-state index is 0.0540. The molecule has 0 aliphatic heterocycles. The molecule has 0 saturated carbocycles. The molecular weight excluding hydrogens is 444 g/mol. The van der Waals surface area contributed by atoms with Gasteiger partial charge in [-0.2, -0.15) is 0 Å². The average Bonchev–Trinajstić information content (AvgIpc) is 2.86. The number of carbonyl (C=O) groups excluding carboxylic acids is 1. The molecule has 174 valence electrons. The first-order valence-electron chi connectivity index (χ1n) is 10.1. The predicted molar refractivity (Wildman–Crippen MR) is 125 cm³/mol. The van der Waals surface area contributed by atoms with Crippen LogP contribution in [0, 0.1) is 0 Å². The summed E-state index contributed by atoms with van der Waals surface area (Å²) < 4.78 is 42.1. The lowest BCUT2D eigenvalue weighted by molar-refractivity contribution is -0.119. The second kappa shape index (κ2) is 10.7. The van der Waals surface area contributed by atoms with Gasteiger partial charge in [0.25, 0.3) is 0 Å². The second-order valence-corrected chi connectivity index (χ2v) is 8.91. The summed E-state index contributed by atoms with van der Waals surface area (Å²) in [5, 5.41) is 5.73. The predicted octanol–water partition coefficient (Wildman–Crippen LogP) is 3.27.